The smallest absolute Gasteiger partial charge is 0.339 e. The predicted octanol–water partition coefficient (Wildman–Crippen LogP) is 2.07. The lowest BCUT2D eigenvalue weighted by Crippen LogP contribution is -3.11. The first kappa shape index (κ1) is 15.3. The molecular weight excluding hydrogens is 273 g/mol. The second-order valence-corrected chi connectivity index (χ2v) is 4.81. The van der Waals surface area contributed by atoms with E-state index in [1.54, 1.807) is 12.1 Å². The Morgan fingerprint density at radius 3 is 2.50 bits per heavy atom. The van der Waals surface area contributed by atoms with E-state index in [1.165, 1.54) is 11.0 Å². The third-order valence-electron chi connectivity index (χ3n) is 2.84. The number of benzene rings is 1. The van der Waals surface area contributed by atoms with E-state index in [-0.39, 0.29) is 0 Å². The van der Waals surface area contributed by atoms with Crippen molar-refractivity contribution >= 4 is 29.2 Å². The Hall–Kier alpha value is -0.770. The number of rotatable bonds is 6. The van der Waals surface area contributed by atoms with Gasteiger partial charge < -0.3 is 9.64 Å². The molecule has 0 unspecified atom stereocenters. The summed E-state index contributed by atoms with van der Waals surface area (Å²) in [5.74, 6) is -0.400. The topological polar surface area (TPSA) is 30.7 Å². The molecule has 0 atom stereocenters. The van der Waals surface area contributed by atoms with Gasteiger partial charge in [0, 0.05) is 5.02 Å². The summed E-state index contributed by atoms with van der Waals surface area (Å²) in [6.07, 6.45) is 0. The summed E-state index contributed by atoms with van der Waals surface area (Å²) in [5, 5.41) is 0.826. The lowest BCUT2D eigenvalue weighted by Gasteiger charge is -2.15. The van der Waals surface area contributed by atoms with Gasteiger partial charge in [0.15, 0.2) is 0 Å². The molecule has 0 aliphatic carbocycles. The van der Waals surface area contributed by atoms with Crippen molar-refractivity contribution in [1.82, 2.24) is 0 Å². The highest BCUT2D eigenvalue weighted by molar-refractivity contribution is 6.36. The number of carbonyl (C=O) groups excluding carboxylic acids is 1. The van der Waals surface area contributed by atoms with Crippen molar-refractivity contribution in [2.24, 2.45) is 0 Å². The van der Waals surface area contributed by atoms with Crippen LogP contribution in [0.4, 0.5) is 0 Å². The van der Waals surface area contributed by atoms with Crippen LogP contribution >= 0.6 is 23.2 Å². The van der Waals surface area contributed by atoms with Crippen molar-refractivity contribution in [1.29, 1.82) is 0 Å². The Bertz CT molecular complexity index is 406. The summed E-state index contributed by atoms with van der Waals surface area (Å²) < 4.78 is 5.20. The Kier molecular flexibility index (Phi) is 6.47. The number of ether oxygens (including phenoxy) is 1. The molecule has 18 heavy (non-hydrogen) atoms. The molecule has 0 aliphatic heterocycles. The van der Waals surface area contributed by atoms with Gasteiger partial charge in [0.25, 0.3) is 0 Å². The van der Waals surface area contributed by atoms with Gasteiger partial charge in [0.2, 0.25) is 0 Å². The van der Waals surface area contributed by atoms with E-state index in [0.717, 1.165) is 19.6 Å². The number of hydrogen-bond acceptors (Lipinski definition) is 2. The van der Waals surface area contributed by atoms with E-state index in [1.807, 2.05) is 0 Å². The molecule has 0 amide bonds. The van der Waals surface area contributed by atoms with Gasteiger partial charge >= 0.3 is 5.97 Å². The molecule has 1 aromatic rings. The van der Waals surface area contributed by atoms with Crippen molar-refractivity contribution in [3.8, 4) is 0 Å². The summed E-state index contributed by atoms with van der Waals surface area (Å²) in [6, 6.07) is 4.74. The van der Waals surface area contributed by atoms with E-state index in [9.17, 15) is 4.79 Å². The molecule has 100 valence electrons. The number of esters is 1. The molecule has 1 N–H and O–H groups in total. The van der Waals surface area contributed by atoms with Gasteiger partial charge in [-0.25, -0.2) is 4.79 Å². The Labute approximate surface area is 118 Å². The Morgan fingerprint density at radius 1 is 1.28 bits per heavy atom. The minimum absolute atomic E-state index is 0.322. The molecule has 1 rings (SSSR count). The molecular formula is C13H18Cl2NO2+. The van der Waals surface area contributed by atoms with Gasteiger partial charge in [-0.3, -0.25) is 0 Å². The summed E-state index contributed by atoms with van der Waals surface area (Å²) >= 11 is 11.7. The second-order valence-electron chi connectivity index (χ2n) is 3.97. The summed E-state index contributed by atoms with van der Waals surface area (Å²) in [5.41, 5.74) is 0.357. The summed E-state index contributed by atoms with van der Waals surface area (Å²) in [4.78, 5) is 13.2. The predicted molar refractivity (Wildman–Crippen MR) is 73.7 cm³/mol. The molecule has 0 radical (unpaired) electrons. The van der Waals surface area contributed by atoms with E-state index in [4.69, 9.17) is 27.9 Å². The molecule has 5 heteroatoms. The third-order valence-corrected chi connectivity index (χ3v) is 3.39. The molecule has 0 heterocycles. The molecule has 0 aliphatic rings. The van der Waals surface area contributed by atoms with Crippen molar-refractivity contribution in [2.75, 3.05) is 26.2 Å². The first-order valence-electron chi connectivity index (χ1n) is 6.04. The molecule has 0 spiro atoms. The molecule has 0 bridgehead atoms. The van der Waals surface area contributed by atoms with Gasteiger partial charge in [0.1, 0.15) is 13.2 Å². The van der Waals surface area contributed by atoms with Crippen LogP contribution in [0.5, 0.6) is 0 Å². The monoisotopic (exact) mass is 290 g/mol. The number of quaternary nitrogens is 1. The van der Waals surface area contributed by atoms with Crippen LogP contribution in [0.2, 0.25) is 10.0 Å². The zero-order chi connectivity index (χ0) is 13.5. The van der Waals surface area contributed by atoms with Crippen LogP contribution in [0, 0.1) is 0 Å². The van der Waals surface area contributed by atoms with Gasteiger partial charge in [-0.15, -0.1) is 0 Å². The van der Waals surface area contributed by atoms with E-state index in [2.05, 4.69) is 13.8 Å². The highest BCUT2D eigenvalue weighted by atomic mass is 35.5. The van der Waals surface area contributed by atoms with Gasteiger partial charge in [-0.05, 0) is 32.0 Å². The van der Waals surface area contributed by atoms with Crippen molar-refractivity contribution in [2.45, 2.75) is 13.8 Å². The number of nitrogens with one attached hydrogen (secondary N) is 1. The quantitative estimate of drug-likeness (QED) is 0.813. The molecule has 1 aromatic carbocycles. The maximum absolute atomic E-state index is 11.8. The van der Waals surface area contributed by atoms with Crippen LogP contribution in [0.3, 0.4) is 0 Å². The average Bonchev–Trinajstić information content (AvgIpc) is 2.34. The SMILES string of the molecule is CC[NH+](CC)CCOC(=O)c1ccc(Cl)cc1Cl. The number of hydrogen-bond donors (Lipinski definition) is 1. The lowest BCUT2D eigenvalue weighted by molar-refractivity contribution is -0.896. The van der Waals surface area contributed by atoms with Crippen LogP contribution < -0.4 is 4.90 Å². The molecule has 0 saturated heterocycles. The number of halogens is 2. The molecule has 0 saturated carbocycles. The van der Waals surface area contributed by atoms with Crippen molar-refractivity contribution in [3.05, 3.63) is 33.8 Å². The van der Waals surface area contributed by atoms with Gasteiger partial charge in [-0.2, -0.15) is 0 Å². The third kappa shape index (κ3) is 4.48. The number of carbonyl (C=O) groups is 1. The van der Waals surface area contributed by atoms with E-state index in [0.29, 0.717) is 22.2 Å². The summed E-state index contributed by atoms with van der Waals surface area (Å²) in [6.45, 7) is 7.47. The zero-order valence-electron chi connectivity index (χ0n) is 10.6. The average molecular weight is 291 g/mol. The molecule has 3 nitrogen and oxygen atoms in total. The highest BCUT2D eigenvalue weighted by Gasteiger charge is 2.13. The lowest BCUT2D eigenvalue weighted by atomic mass is 10.2. The first-order chi connectivity index (χ1) is 8.58. The van der Waals surface area contributed by atoms with Gasteiger partial charge in [0.05, 0.1) is 23.7 Å². The van der Waals surface area contributed by atoms with Crippen LogP contribution in [-0.4, -0.2) is 32.2 Å². The fraction of sp³-hybridized carbons (Fsp3) is 0.462. The normalized spacial score (nSPS) is 10.7. The van der Waals surface area contributed by atoms with Crippen molar-refractivity contribution in [3.63, 3.8) is 0 Å². The van der Waals surface area contributed by atoms with E-state index >= 15 is 0 Å². The fourth-order valence-corrected chi connectivity index (χ4v) is 2.11. The maximum atomic E-state index is 11.8. The Balaban J connectivity index is 2.50. The fourth-order valence-electron chi connectivity index (χ4n) is 1.62. The Morgan fingerprint density at radius 2 is 1.94 bits per heavy atom. The maximum Gasteiger partial charge on any atom is 0.339 e. The largest absolute Gasteiger partial charge is 0.456 e. The van der Waals surface area contributed by atoms with Gasteiger partial charge in [-0.1, -0.05) is 23.2 Å². The summed E-state index contributed by atoms with van der Waals surface area (Å²) in [7, 11) is 0. The standard InChI is InChI=1S/C13H17Cl2NO2/c1-3-16(4-2)7-8-18-13(17)11-6-5-10(14)9-12(11)15/h5-6,9H,3-4,7-8H2,1-2H3/p+1. The number of likely N-dealkylation sites (N-methyl/N-ethyl adjacent to an activating group) is 1. The zero-order valence-corrected chi connectivity index (χ0v) is 12.1. The minimum Gasteiger partial charge on any atom is -0.456 e. The van der Waals surface area contributed by atoms with Crippen molar-refractivity contribution < 1.29 is 14.4 Å². The second kappa shape index (κ2) is 7.62. The minimum atomic E-state index is -0.400. The first-order valence-corrected chi connectivity index (χ1v) is 6.79. The van der Waals surface area contributed by atoms with Crippen LogP contribution in [0.25, 0.3) is 0 Å². The van der Waals surface area contributed by atoms with Crippen LogP contribution in [-0.2, 0) is 4.74 Å². The van der Waals surface area contributed by atoms with Crippen LogP contribution in [0.15, 0.2) is 18.2 Å². The van der Waals surface area contributed by atoms with E-state index < -0.39 is 5.97 Å². The molecule has 0 fully saturated rings. The molecule has 0 aromatic heterocycles. The highest BCUT2D eigenvalue weighted by Crippen LogP contribution is 2.21. The van der Waals surface area contributed by atoms with Crippen LogP contribution in [0.1, 0.15) is 24.2 Å².